The van der Waals surface area contributed by atoms with Crippen LogP contribution < -0.4 is 0 Å². The molecular weight excluding hydrogens is 256 g/mol. The second kappa shape index (κ2) is 6.14. The quantitative estimate of drug-likeness (QED) is 0.631. The first-order chi connectivity index (χ1) is 9.60. The van der Waals surface area contributed by atoms with E-state index in [4.69, 9.17) is 9.15 Å². The zero-order valence-corrected chi connectivity index (χ0v) is 11.7. The Balaban J connectivity index is 2.12. The molecule has 0 bridgehead atoms. The van der Waals surface area contributed by atoms with Gasteiger partial charge in [0.15, 0.2) is 6.10 Å². The lowest BCUT2D eigenvalue weighted by molar-refractivity contribution is -0.143. The molecule has 1 heterocycles. The van der Waals surface area contributed by atoms with Crippen LogP contribution in [0.1, 0.15) is 31.4 Å². The molecule has 1 unspecified atom stereocenters. The van der Waals surface area contributed by atoms with Gasteiger partial charge >= 0.3 is 5.97 Å². The van der Waals surface area contributed by atoms with Gasteiger partial charge in [-0.05, 0) is 32.9 Å². The Hall–Kier alpha value is -2.43. The molecule has 0 N–H and O–H groups in total. The molecule has 0 amide bonds. The first kappa shape index (κ1) is 14.0. The second-order valence-corrected chi connectivity index (χ2v) is 4.39. The summed E-state index contributed by atoms with van der Waals surface area (Å²) in [5.74, 6) is 0.252. The highest BCUT2D eigenvalue weighted by atomic mass is 16.6. The van der Waals surface area contributed by atoms with Crippen LogP contribution in [0.3, 0.4) is 0 Å². The van der Waals surface area contributed by atoms with Crippen LogP contribution >= 0.6 is 0 Å². The van der Waals surface area contributed by atoms with E-state index in [9.17, 15) is 4.79 Å². The van der Waals surface area contributed by atoms with E-state index in [2.05, 4.69) is 10.2 Å². The Kier molecular flexibility index (Phi) is 4.30. The molecule has 0 saturated carbocycles. The molecule has 104 valence electrons. The van der Waals surface area contributed by atoms with Crippen molar-refractivity contribution in [1.29, 1.82) is 0 Å². The number of rotatable bonds is 4. The summed E-state index contributed by atoms with van der Waals surface area (Å²) in [7, 11) is 0. The first-order valence-electron chi connectivity index (χ1n) is 6.34. The maximum absolute atomic E-state index is 11.3. The average Bonchev–Trinajstić information content (AvgIpc) is 2.89. The van der Waals surface area contributed by atoms with Crippen LogP contribution in [0.2, 0.25) is 0 Å². The molecule has 0 spiro atoms. The van der Waals surface area contributed by atoms with E-state index in [-0.39, 0.29) is 5.89 Å². The van der Waals surface area contributed by atoms with Gasteiger partial charge < -0.3 is 9.15 Å². The largest absolute Gasteiger partial charge is 0.449 e. The Labute approximate surface area is 117 Å². The minimum Gasteiger partial charge on any atom is -0.449 e. The Morgan fingerprint density at radius 2 is 2.00 bits per heavy atom. The number of ether oxygens (including phenoxy) is 1. The number of nitrogens with zero attached hydrogens (tertiary/aromatic N) is 2. The van der Waals surface area contributed by atoms with Crippen molar-refractivity contribution in [2.45, 2.75) is 26.9 Å². The van der Waals surface area contributed by atoms with Crippen LogP contribution in [-0.2, 0) is 9.53 Å². The number of aromatic nitrogens is 2. The van der Waals surface area contributed by atoms with Gasteiger partial charge in [-0.2, -0.15) is 0 Å². The third-order valence-electron chi connectivity index (χ3n) is 2.68. The van der Waals surface area contributed by atoms with Crippen molar-refractivity contribution >= 4 is 5.97 Å². The zero-order chi connectivity index (χ0) is 14.5. The lowest BCUT2D eigenvalue weighted by Gasteiger charge is -2.06. The summed E-state index contributed by atoms with van der Waals surface area (Å²) in [6, 6.07) is 7.75. The first-order valence-corrected chi connectivity index (χ1v) is 6.34. The fourth-order valence-corrected chi connectivity index (χ4v) is 1.61. The molecule has 1 aromatic heterocycles. The van der Waals surface area contributed by atoms with E-state index in [1.165, 1.54) is 6.08 Å². The fraction of sp³-hybridized carbons (Fsp3) is 0.267. The maximum atomic E-state index is 11.3. The van der Waals surface area contributed by atoms with Gasteiger partial charge in [0.1, 0.15) is 0 Å². The number of esters is 1. The van der Waals surface area contributed by atoms with Gasteiger partial charge in [0, 0.05) is 11.6 Å². The van der Waals surface area contributed by atoms with Crippen molar-refractivity contribution in [1.82, 2.24) is 10.2 Å². The molecule has 0 radical (unpaired) electrons. The molecule has 5 nitrogen and oxygen atoms in total. The molecule has 20 heavy (non-hydrogen) atoms. The van der Waals surface area contributed by atoms with Crippen LogP contribution in [0.5, 0.6) is 0 Å². The summed E-state index contributed by atoms with van der Waals surface area (Å²) < 4.78 is 10.6. The van der Waals surface area contributed by atoms with Crippen molar-refractivity contribution < 1.29 is 13.9 Å². The van der Waals surface area contributed by atoms with Crippen molar-refractivity contribution in [3.05, 3.63) is 47.9 Å². The third-order valence-corrected chi connectivity index (χ3v) is 2.68. The molecular formula is C15H16N2O3. The molecule has 2 rings (SSSR count). The van der Waals surface area contributed by atoms with Crippen molar-refractivity contribution in [3.8, 4) is 11.5 Å². The van der Waals surface area contributed by atoms with Crippen LogP contribution in [0.25, 0.3) is 11.5 Å². The number of carbonyl (C=O) groups excluding carboxylic acids is 1. The smallest absolute Gasteiger partial charge is 0.331 e. The molecule has 5 heteroatoms. The van der Waals surface area contributed by atoms with Crippen LogP contribution in [0, 0.1) is 6.92 Å². The third kappa shape index (κ3) is 3.32. The topological polar surface area (TPSA) is 65.2 Å². The Morgan fingerprint density at radius 1 is 1.30 bits per heavy atom. The molecule has 1 aromatic carbocycles. The van der Waals surface area contributed by atoms with Gasteiger partial charge in [-0.1, -0.05) is 23.8 Å². The van der Waals surface area contributed by atoms with Crippen molar-refractivity contribution in [2.24, 2.45) is 0 Å². The molecule has 1 atom stereocenters. The molecule has 2 aromatic rings. The predicted molar refractivity (Wildman–Crippen MR) is 73.8 cm³/mol. The zero-order valence-electron chi connectivity index (χ0n) is 11.7. The summed E-state index contributed by atoms with van der Waals surface area (Å²) in [5.41, 5.74) is 1.99. The number of hydrogen-bond acceptors (Lipinski definition) is 5. The average molecular weight is 272 g/mol. The fourth-order valence-electron chi connectivity index (χ4n) is 1.61. The number of benzene rings is 1. The summed E-state index contributed by atoms with van der Waals surface area (Å²) in [6.45, 7) is 5.44. The highest BCUT2D eigenvalue weighted by Crippen LogP contribution is 2.22. The summed E-state index contributed by atoms with van der Waals surface area (Å²) in [6.07, 6.45) is 2.37. The lowest BCUT2D eigenvalue weighted by Crippen LogP contribution is -2.06. The standard InChI is InChI=1S/C15H16N2O3/c1-4-5-13(18)19-11(3)14-16-17-15(20-14)12-8-6-10(2)7-9-12/h4-9,11H,1-3H3/b5-4+. The van der Waals surface area contributed by atoms with Crippen LogP contribution in [0.15, 0.2) is 40.8 Å². The van der Waals surface area contributed by atoms with Gasteiger partial charge in [0.2, 0.25) is 5.89 Å². The van der Waals surface area contributed by atoms with Gasteiger partial charge in [0.05, 0.1) is 0 Å². The van der Waals surface area contributed by atoms with E-state index in [1.807, 2.05) is 31.2 Å². The normalized spacial score (nSPS) is 12.6. The van der Waals surface area contributed by atoms with Gasteiger partial charge in [0.25, 0.3) is 5.89 Å². The predicted octanol–water partition coefficient (Wildman–Crippen LogP) is 3.23. The molecule has 0 fully saturated rings. The molecule has 0 aliphatic rings. The van der Waals surface area contributed by atoms with E-state index >= 15 is 0 Å². The molecule has 0 saturated heterocycles. The number of aryl methyl sites for hydroxylation is 1. The Bertz CT molecular complexity index is 614. The van der Waals surface area contributed by atoms with E-state index < -0.39 is 12.1 Å². The number of hydrogen-bond donors (Lipinski definition) is 0. The SMILES string of the molecule is C/C=C/C(=O)OC(C)c1nnc(-c2ccc(C)cc2)o1. The summed E-state index contributed by atoms with van der Waals surface area (Å²) in [4.78, 5) is 11.3. The minimum atomic E-state index is -0.578. The molecule has 0 aliphatic carbocycles. The van der Waals surface area contributed by atoms with Gasteiger partial charge in [-0.15, -0.1) is 10.2 Å². The number of carbonyl (C=O) groups is 1. The van der Waals surface area contributed by atoms with Crippen LogP contribution in [0.4, 0.5) is 0 Å². The maximum Gasteiger partial charge on any atom is 0.331 e. The highest BCUT2D eigenvalue weighted by Gasteiger charge is 2.17. The Morgan fingerprint density at radius 3 is 2.65 bits per heavy atom. The van der Waals surface area contributed by atoms with Gasteiger partial charge in [-0.25, -0.2) is 4.79 Å². The number of allylic oxidation sites excluding steroid dienone is 1. The second-order valence-electron chi connectivity index (χ2n) is 4.39. The van der Waals surface area contributed by atoms with E-state index in [1.54, 1.807) is 19.9 Å². The highest BCUT2D eigenvalue weighted by molar-refractivity contribution is 5.81. The van der Waals surface area contributed by atoms with Crippen LogP contribution in [-0.4, -0.2) is 16.2 Å². The summed E-state index contributed by atoms with van der Waals surface area (Å²) >= 11 is 0. The minimum absolute atomic E-state index is 0.276. The van der Waals surface area contributed by atoms with Gasteiger partial charge in [-0.3, -0.25) is 0 Å². The van der Waals surface area contributed by atoms with Crippen molar-refractivity contribution in [3.63, 3.8) is 0 Å². The van der Waals surface area contributed by atoms with E-state index in [0.29, 0.717) is 5.89 Å². The monoisotopic (exact) mass is 272 g/mol. The lowest BCUT2D eigenvalue weighted by atomic mass is 10.1. The van der Waals surface area contributed by atoms with E-state index in [0.717, 1.165) is 11.1 Å². The molecule has 0 aliphatic heterocycles. The summed E-state index contributed by atoms with van der Waals surface area (Å²) in [5, 5.41) is 7.87. The van der Waals surface area contributed by atoms with Crippen molar-refractivity contribution in [2.75, 3.05) is 0 Å².